The molecule has 0 atom stereocenters. The van der Waals surface area contributed by atoms with Crippen LogP contribution in [0.3, 0.4) is 0 Å². The molecule has 1 rings (SSSR count). The van der Waals surface area contributed by atoms with Crippen molar-refractivity contribution < 1.29 is 0 Å². The van der Waals surface area contributed by atoms with Crippen LogP contribution in [0.15, 0.2) is 41.1 Å². The quantitative estimate of drug-likeness (QED) is 0.540. The van der Waals surface area contributed by atoms with Crippen LogP contribution in [0.4, 0.5) is 0 Å². The van der Waals surface area contributed by atoms with E-state index < -0.39 is 0 Å². The monoisotopic (exact) mass is 147 g/mol. The zero-order chi connectivity index (χ0) is 8.10. The van der Waals surface area contributed by atoms with Crippen LogP contribution < -0.4 is 0 Å². The van der Waals surface area contributed by atoms with Gasteiger partial charge in [0.25, 0.3) is 0 Å². The Morgan fingerprint density at radius 1 is 1.64 bits per heavy atom. The van der Waals surface area contributed by atoms with Crippen molar-refractivity contribution in [3.8, 4) is 0 Å². The van der Waals surface area contributed by atoms with Crippen LogP contribution in [0.5, 0.6) is 0 Å². The lowest BCUT2D eigenvalue weighted by Gasteiger charge is -2.08. The van der Waals surface area contributed by atoms with E-state index in [0.717, 1.165) is 24.1 Å². The maximum Gasteiger partial charge on any atom is 0.0651 e. The number of rotatable bonds is 1. The minimum atomic E-state index is 1.02. The second-order valence-corrected chi connectivity index (χ2v) is 2.53. The van der Waals surface area contributed by atoms with Gasteiger partial charge in [0.1, 0.15) is 0 Å². The molecule has 1 aliphatic heterocycles. The number of hydrogen-bond donors (Lipinski definition) is 0. The summed E-state index contributed by atoms with van der Waals surface area (Å²) in [6.45, 7) is 5.93. The number of hydrogen-bond acceptors (Lipinski definition) is 1. The molecule has 0 saturated heterocycles. The first-order valence-corrected chi connectivity index (χ1v) is 3.88. The zero-order valence-corrected chi connectivity index (χ0v) is 6.88. The molecule has 0 amide bonds. The van der Waals surface area contributed by atoms with Crippen LogP contribution in [-0.2, 0) is 0 Å². The third-order valence-corrected chi connectivity index (χ3v) is 1.61. The molecule has 0 unspecified atom stereocenters. The van der Waals surface area contributed by atoms with Crippen LogP contribution in [0.2, 0.25) is 0 Å². The van der Waals surface area contributed by atoms with E-state index in [1.807, 2.05) is 31.4 Å². The summed E-state index contributed by atoms with van der Waals surface area (Å²) < 4.78 is 0. The molecule has 11 heavy (non-hydrogen) atoms. The van der Waals surface area contributed by atoms with Gasteiger partial charge in [0, 0.05) is 6.21 Å². The minimum Gasteiger partial charge on any atom is -0.261 e. The van der Waals surface area contributed by atoms with Gasteiger partial charge in [0.2, 0.25) is 0 Å². The van der Waals surface area contributed by atoms with E-state index in [9.17, 15) is 0 Å². The first kappa shape index (κ1) is 7.99. The predicted octanol–water partition coefficient (Wildman–Crippen LogP) is 2.87. The Morgan fingerprint density at radius 2 is 2.45 bits per heavy atom. The highest BCUT2D eigenvalue weighted by Crippen LogP contribution is 2.18. The third-order valence-electron chi connectivity index (χ3n) is 1.61. The molecule has 0 bridgehead atoms. The van der Waals surface area contributed by atoms with Gasteiger partial charge < -0.3 is 0 Å². The van der Waals surface area contributed by atoms with Gasteiger partial charge in [-0.2, -0.15) is 0 Å². The molecule has 0 aromatic rings. The van der Waals surface area contributed by atoms with Gasteiger partial charge in [-0.3, -0.25) is 4.99 Å². The molecule has 58 valence electrons. The Balaban J connectivity index is 2.76. The van der Waals surface area contributed by atoms with Gasteiger partial charge >= 0.3 is 0 Å². The average Bonchev–Trinajstić information content (AvgIpc) is 2.03. The van der Waals surface area contributed by atoms with Crippen LogP contribution in [0, 0.1) is 0 Å². The van der Waals surface area contributed by atoms with Crippen LogP contribution in [0.25, 0.3) is 0 Å². The lowest BCUT2D eigenvalue weighted by Crippen LogP contribution is -1.93. The van der Waals surface area contributed by atoms with E-state index in [-0.39, 0.29) is 0 Å². The summed E-state index contributed by atoms with van der Waals surface area (Å²) >= 11 is 0. The van der Waals surface area contributed by atoms with Gasteiger partial charge in [0.05, 0.1) is 5.70 Å². The Morgan fingerprint density at radius 3 is 3.09 bits per heavy atom. The Labute approximate surface area is 67.8 Å². The van der Waals surface area contributed by atoms with Crippen molar-refractivity contribution in [1.82, 2.24) is 0 Å². The molecule has 0 aromatic heterocycles. The average molecular weight is 147 g/mol. The van der Waals surface area contributed by atoms with Crippen LogP contribution in [-0.4, -0.2) is 6.21 Å². The summed E-state index contributed by atoms with van der Waals surface area (Å²) in [4.78, 5) is 4.23. The van der Waals surface area contributed by atoms with Crippen LogP contribution in [0.1, 0.15) is 19.8 Å². The molecule has 0 N–H and O–H groups in total. The summed E-state index contributed by atoms with van der Waals surface area (Å²) in [6.07, 6.45) is 10.0. The van der Waals surface area contributed by atoms with E-state index in [2.05, 4.69) is 11.6 Å². The van der Waals surface area contributed by atoms with Crippen molar-refractivity contribution in [1.29, 1.82) is 0 Å². The molecule has 1 nitrogen and oxygen atoms in total. The first-order chi connectivity index (χ1) is 5.34. The highest BCUT2D eigenvalue weighted by atomic mass is 14.7. The number of aliphatic imine (C=N–C) groups is 1. The standard InChI is InChI=1S/C10H13N/c1-3-4-7-10-9(2)6-5-8-11-10/h3-4,7-8H,2,5-6H2,1H3/b4-3-,10-7+. The number of allylic oxidation sites excluding steroid dienone is 4. The molecule has 0 saturated carbocycles. The maximum absolute atomic E-state index is 4.23. The normalized spacial score (nSPS) is 21.9. The van der Waals surface area contributed by atoms with Gasteiger partial charge in [-0.15, -0.1) is 0 Å². The van der Waals surface area contributed by atoms with Crippen molar-refractivity contribution in [3.63, 3.8) is 0 Å². The minimum absolute atomic E-state index is 1.02. The number of nitrogens with zero attached hydrogens (tertiary/aromatic N) is 1. The van der Waals surface area contributed by atoms with Crippen molar-refractivity contribution in [3.05, 3.63) is 36.1 Å². The summed E-state index contributed by atoms with van der Waals surface area (Å²) in [5.74, 6) is 0. The molecule has 0 aromatic carbocycles. The molecule has 0 spiro atoms. The lowest BCUT2D eigenvalue weighted by atomic mass is 10.1. The molecule has 1 aliphatic rings. The second kappa shape index (κ2) is 3.91. The van der Waals surface area contributed by atoms with Gasteiger partial charge in [-0.05, 0) is 31.4 Å². The van der Waals surface area contributed by atoms with Crippen molar-refractivity contribution in [2.75, 3.05) is 0 Å². The molecule has 1 heterocycles. The van der Waals surface area contributed by atoms with Gasteiger partial charge in [-0.1, -0.05) is 18.7 Å². The molecule has 0 radical (unpaired) electrons. The fourth-order valence-electron chi connectivity index (χ4n) is 0.969. The molecule has 1 heteroatoms. The fourth-order valence-corrected chi connectivity index (χ4v) is 0.969. The first-order valence-electron chi connectivity index (χ1n) is 3.88. The van der Waals surface area contributed by atoms with Crippen LogP contribution >= 0.6 is 0 Å². The molecular formula is C10H13N. The molecule has 0 fully saturated rings. The third kappa shape index (κ3) is 2.19. The lowest BCUT2D eigenvalue weighted by molar-refractivity contribution is 0.994. The van der Waals surface area contributed by atoms with Crippen molar-refractivity contribution in [2.45, 2.75) is 19.8 Å². The topological polar surface area (TPSA) is 12.4 Å². The maximum atomic E-state index is 4.23. The predicted molar refractivity (Wildman–Crippen MR) is 49.8 cm³/mol. The fraction of sp³-hybridized carbons (Fsp3) is 0.300. The Kier molecular flexibility index (Phi) is 2.84. The second-order valence-electron chi connectivity index (χ2n) is 2.53. The van der Waals surface area contributed by atoms with Gasteiger partial charge in [0.15, 0.2) is 0 Å². The highest BCUT2D eigenvalue weighted by molar-refractivity contribution is 5.64. The van der Waals surface area contributed by atoms with E-state index >= 15 is 0 Å². The smallest absolute Gasteiger partial charge is 0.0651 e. The largest absolute Gasteiger partial charge is 0.261 e. The molecular weight excluding hydrogens is 134 g/mol. The van der Waals surface area contributed by atoms with E-state index in [4.69, 9.17) is 0 Å². The van der Waals surface area contributed by atoms with E-state index in [1.165, 1.54) is 0 Å². The van der Waals surface area contributed by atoms with Crippen molar-refractivity contribution >= 4 is 6.21 Å². The van der Waals surface area contributed by atoms with Crippen molar-refractivity contribution in [2.24, 2.45) is 4.99 Å². The Hall–Kier alpha value is -1.11. The Bertz CT molecular complexity index is 231. The summed E-state index contributed by atoms with van der Waals surface area (Å²) in [5, 5.41) is 0. The summed E-state index contributed by atoms with van der Waals surface area (Å²) in [7, 11) is 0. The SMILES string of the molecule is C=C1CCC=N/C1=C/C=C\C. The summed E-state index contributed by atoms with van der Waals surface area (Å²) in [6, 6.07) is 0. The van der Waals surface area contributed by atoms with E-state index in [1.54, 1.807) is 0 Å². The van der Waals surface area contributed by atoms with Gasteiger partial charge in [-0.25, -0.2) is 0 Å². The molecule has 0 aliphatic carbocycles. The zero-order valence-electron chi connectivity index (χ0n) is 6.88. The highest BCUT2D eigenvalue weighted by Gasteiger charge is 2.02. The summed E-state index contributed by atoms with van der Waals surface area (Å²) in [5.41, 5.74) is 2.17. The van der Waals surface area contributed by atoms with E-state index in [0.29, 0.717) is 0 Å².